The van der Waals surface area contributed by atoms with E-state index in [-0.39, 0.29) is 17.9 Å². The lowest BCUT2D eigenvalue weighted by Crippen LogP contribution is -2.69. The first-order valence-electron chi connectivity index (χ1n) is 5.29. The molecule has 4 N–H and O–H groups in total. The third kappa shape index (κ3) is 9.18. The minimum atomic E-state index is -0.219. The maximum atomic E-state index is 11.4. The van der Waals surface area contributed by atoms with E-state index < -0.39 is 0 Å². The molecule has 0 bridgehead atoms. The first kappa shape index (κ1) is 17.6. The molecule has 1 amide bonds. The Morgan fingerprint density at radius 1 is 1.71 bits per heavy atom. The van der Waals surface area contributed by atoms with Gasteiger partial charge in [0.2, 0.25) is 0 Å². The molecule has 1 rings (SSSR count). The van der Waals surface area contributed by atoms with Crippen LogP contribution in [0.1, 0.15) is 19.8 Å². The highest BCUT2D eigenvalue weighted by molar-refractivity contribution is 14.2. The zero-order valence-corrected chi connectivity index (χ0v) is 13.9. The molecule has 100 valence electrons. The topological polar surface area (TPSA) is 66.0 Å². The van der Waals surface area contributed by atoms with Crippen molar-refractivity contribution in [1.29, 1.82) is 0 Å². The summed E-state index contributed by atoms with van der Waals surface area (Å²) in [7, 11) is 2.96. The van der Waals surface area contributed by atoms with Gasteiger partial charge in [0.15, 0.2) is 6.04 Å². The first-order valence-corrected chi connectivity index (χ1v) is 9.45. The van der Waals surface area contributed by atoms with E-state index in [1.165, 1.54) is 34.0 Å². The summed E-state index contributed by atoms with van der Waals surface area (Å²) in [5.74, 6) is 0.157. The fraction of sp³-hybridized carbons (Fsp3) is 0.700. The summed E-state index contributed by atoms with van der Waals surface area (Å²) in [5, 5.41) is 0.648. The lowest BCUT2D eigenvalue weighted by Gasteiger charge is -2.11. The molecule has 1 aliphatic carbocycles. The van der Waals surface area contributed by atoms with Gasteiger partial charge in [0, 0.05) is 32.4 Å². The number of rotatable bonds is 6. The normalized spacial score (nSPS) is 17.4. The molecule has 1 aliphatic rings. The molecule has 0 spiro atoms. The van der Waals surface area contributed by atoms with Crippen LogP contribution in [0.15, 0.2) is 12.7 Å². The lowest BCUT2D eigenvalue weighted by molar-refractivity contribution is -0.411. The molecular formula is C10H20IN2O2S2+. The van der Waals surface area contributed by atoms with E-state index >= 15 is 0 Å². The summed E-state index contributed by atoms with van der Waals surface area (Å²) in [6.07, 6.45) is 4.21. The smallest absolute Gasteiger partial charge is 0.288 e. The number of carbonyl (C=O) groups excluding carboxylic acids is 1. The minimum absolute atomic E-state index is 0.0179. The molecule has 0 saturated heterocycles. The van der Waals surface area contributed by atoms with Crippen LogP contribution in [0.3, 0.4) is 0 Å². The van der Waals surface area contributed by atoms with Gasteiger partial charge < -0.3 is 9.92 Å². The van der Waals surface area contributed by atoms with Crippen LogP contribution in [0.5, 0.6) is 0 Å². The fourth-order valence-corrected chi connectivity index (χ4v) is 1.61. The number of carbonyl (C=O) groups is 1. The summed E-state index contributed by atoms with van der Waals surface area (Å²) >= 11 is 3.58. The van der Waals surface area contributed by atoms with Gasteiger partial charge in [-0.05, 0) is 24.8 Å². The molecule has 0 heterocycles. The SMILES string of the molecule is C=C[C@H](C)C([NH3+])C(=O)NSC1CC1.COSI. The molecule has 2 atom stereocenters. The standard InChI is InChI=1S/C9H16N2OS.CH3IOS/c1-3-6(2)8(10)9(12)11-13-7-4-5-7;1-3-4-2/h3,6-8H,1,4-5,10H2,2H3,(H,11,12);1H3/p+1/t6-,8?;/m0./s1. The van der Waals surface area contributed by atoms with Crippen LogP contribution in [0, 0.1) is 5.92 Å². The molecule has 7 heteroatoms. The van der Waals surface area contributed by atoms with Gasteiger partial charge in [-0.15, -0.1) is 6.58 Å². The van der Waals surface area contributed by atoms with Gasteiger partial charge in [-0.2, -0.15) is 0 Å². The van der Waals surface area contributed by atoms with E-state index in [0.717, 1.165) is 0 Å². The van der Waals surface area contributed by atoms with E-state index in [1.807, 2.05) is 28.1 Å². The van der Waals surface area contributed by atoms with Crippen molar-refractivity contribution in [2.24, 2.45) is 5.92 Å². The zero-order valence-electron chi connectivity index (χ0n) is 10.1. The van der Waals surface area contributed by atoms with Crippen molar-refractivity contribution in [2.75, 3.05) is 7.11 Å². The number of halogens is 1. The Balaban J connectivity index is 0.000000557. The zero-order chi connectivity index (χ0) is 13.3. The van der Waals surface area contributed by atoms with Crippen molar-refractivity contribution < 1.29 is 14.7 Å². The predicted molar refractivity (Wildman–Crippen MR) is 83.4 cm³/mol. The second-order valence-corrected chi connectivity index (χ2v) is 6.36. The van der Waals surface area contributed by atoms with Crippen LogP contribution >= 0.6 is 42.4 Å². The van der Waals surface area contributed by atoms with Crippen LogP contribution in [0.2, 0.25) is 0 Å². The molecule has 0 radical (unpaired) electrons. The van der Waals surface area contributed by atoms with Crippen molar-refractivity contribution in [2.45, 2.75) is 31.1 Å². The van der Waals surface area contributed by atoms with Crippen molar-refractivity contribution in [3.05, 3.63) is 12.7 Å². The summed E-state index contributed by atoms with van der Waals surface area (Å²) in [4.78, 5) is 11.4. The van der Waals surface area contributed by atoms with Crippen LogP contribution in [0.25, 0.3) is 0 Å². The highest BCUT2D eigenvalue weighted by Crippen LogP contribution is 2.31. The van der Waals surface area contributed by atoms with Gasteiger partial charge >= 0.3 is 0 Å². The van der Waals surface area contributed by atoms with Crippen molar-refractivity contribution in [1.82, 2.24) is 4.72 Å². The summed E-state index contributed by atoms with van der Waals surface area (Å²) in [6.45, 7) is 5.60. The number of nitrogens with one attached hydrogen (secondary N) is 1. The maximum absolute atomic E-state index is 11.4. The number of hydrogen-bond acceptors (Lipinski definition) is 4. The molecule has 0 aromatic heterocycles. The Hall–Kier alpha value is 0.560. The fourth-order valence-electron chi connectivity index (χ4n) is 0.806. The molecule has 1 fully saturated rings. The molecule has 1 saturated carbocycles. The number of hydrogen-bond donors (Lipinski definition) is 2. The molecule has 17 heavy (non-hydrogen) atoms. The predicted octanol–water partition coefficient (Wildman–Crippen LogP) is 1.98. The number of quaternary nitrogens is 1. The summed E-state index contributed by atoms with van der Waals surface area (Å²) in [6, 6.07) is -0.219. The van der Waals surface area contributed by atoms with Crippen molar-refractivity contribution >= 4 is 48.3 Å². The Kier molecular flexibility index (Phi) is 10.8. The van der Waals surface area contributed by atoms with Gasteiger partial charge in [-0.3, -0.25) is 9.52 Å². The second-order valence-electron chi connectivity index (χ2n) is 3.71. The van der Waals surface area contributed by atoms with Crippen LogP contribution < -0.4 is 10.5 Å². The summed E-state index contributed by atoms with van der Waals surface area (Å²) in [5.41, 5.74) is 3.81. The van der Waals surface area contributed by atoms with E-state index in [4.69, 9.17) is 0 Å². The second kappa shape index (κ2) is 10.5. The van der Waals surface area contributed by atoms with Gasteiger partial charge in [0.1, 0.15) is 0 Å². The lowest BCUT2D eigenvalue weighted by atomic mass is 10.0. The van der Waals surface area contributed by atoms with E-state index in [2.05, 4.69) is 21.2 Å². The van der Waals surface area contributed by atoms with Gasteiger partial charge in [0.05, 0.1) is 16.3 Å². The van der Waals surface area contributed by atoms with Gasteiger partial charge in [0.25, 0.3) is 5.91 Å². The largest absolute Gasteiger partial charge is 0.347 e. The Morgan fingerprint density at radius 2 is 2.24 bits per heavy atom. The minimum Gasteiger partial charge on any atom is -0.347 e. The molecule has 1 unspecified atom stereocenters. The average molecular weight is 391 g/mol. The van der Waals surface area contributed by atoms with Gasteiger partial charge in [-0.25, -0.2) is 0 Å². The molecular weight excluding hydrogens is 371 g/mol. The van der Waals surface area contributed by atoms with E-state index in [1.54, 1.807) is 13.2 Å². The van der Waals surface area contributed by atoms with E-state index in [9.17, 15) is 4.79 Å². The molecule has 0 aromatic rings. The van der Waals surface area contributed by atoms with Crippen LogP contribution in [-0.4, -0.2) is 24.3 Å². The average Bonchev–Trinajstić information content (AvgIpc) is 3.18. The maximum Gasteiger partial charge on any atom is 0.288 e. The van der Waals surface area contributed by atoms with E-state index in [0.29, 0.717) is 5.25 Å². The highest BCUT2D eigenvalue weighted by Gasteiger charge is 2.27. The number of amides is 1. The van der Waals surface area contributed by atoms with Gasteiger partial charge in [-0.1, -0.05) is 13.0 Å². The monoisotopic (exact) mass is 391 g/mol. The van der Waals surface area contributed by atoms with Crippen molar-refractivity contribution in [3.8, 4) is 0 Å². The Labute approximate surface area is 124 Å². The summed E-state index contributed by atoms with van der Waals surface area (Å²) < 4.78 is 7.27. The molecule has 0 aliphatic heterocycles. The Morgan fingerprint density at radius 3 is 2.59 bits per heavy atom. The third-order valence-electron chi connectivity index (χ3n) is 2.26. The Bertz CT molecular complexity index is 238. The van der Waals surface area contributed by atoms with Crippen LogP contribution in [0.4, 0.5) is 0 Å². The molecule has 0 aromatic carbocycles. The molecule has 4 nitrogen and oxygen atoms in total. The third-order valence-corrected chi connectivity index (χ3v) is 4.59. The van der Waals surface area contributed by atoms with Crippen LogP contribution in [-0.2, 0) is 8.98 Å². The van der Waals surface area contributed by atoms with Crippen molar-refractivity contribution in [3.63, 3.8) is 0 Å². The first-order chi connectivity index (χ1) is 8.06. The highest BCUT2D eigenvalue weighted by atomic mass is 127. The quantitative estimate of drug-likeness (QED) is 0.315.